The number of aromatic nitrogens is 4. The van der Waals surface area contributed by atoms with E-state index in [1.807, 2.05) is 18.7 Å². The van der Waals surface area contributed by atoms with Crippen LogP contribution in [-0.4, -0.2) is 39.2 Å². The monoisotopic (exact) mass is 247 g/mol. The Morgan fingerprint density at radius 2 is 2.50 bits per heavy atom. The summed E-state index contributed by atoms with van der Waals surface area (Å²) in [4.78, 5) is 11.6. The fraction of sp³-hybridized carbons (Fsp3) is 0.500. The summed E-state index contributed by atoms with van der Waals surface area (Å²) in [5.74, 6) is 0.998. The van der Waals surface area contributed by atoms with E-state index in [4.69, 9.17) is 4.74 Å². The summed E-state index contributed by atoms with van der Waals surface area (Å²) in [5.41, 5.74) is 1.13. The first-order chi connectivity index (χ1) is 8.93. The van der Waals surface area contributed by atoms with Crippen molar-refractivity contribution in [2.75, 3.05) is 19.7 Å². The molecule has 1 aliphatic rings. The largest absolute Gasteiger partial charge is 0.369 e. The van der Waals surface area contributed by atoms with Crippen molar-refractivity contribution >= 4 is 0 Å². The molecule has 2 aromatic heterocycles. The third kappa shape index (κ3) is 2.44. The van der Waals surface area contributed by atoms with Gasteiger partial charge in [-0.2, -0.15) is 0 Å². The number of aromatic amines is 1. The molecule has 18 heavy (non-hydrogen) atoms. The molecule has 0 bridgehead atoms. The quantitative estimate of drug-likeness (QED) is 0.826. The highest BCUT2D eigenvalue weighted by Crippen LogP contribution is 2.18. The molecule has 96 valence electrons. The zero-order valence-electron chi connectivity index (χ0n) is 10.2. The van der Waals surface area contributed by atoms with Gasteiger partial charge in [0.1, 0.15) is 11.9 Å². The van der Waals surface area contributed by atoms with Gasteiger partial charge in [-0.3, -0.25) is 0 Å². The van der Waals surface area contributed by atoms with Gasteiger partial charge < -0.3 is 19.6 Å². The van der Waals surface area contributed by atoms with Gasteiger partial charge >= 0.3 is 0 Å². The lowest BCUT2D eigenvalue weighted by Gasteiger charge is -2.24. The summed E-state index contributed by atoms with van der Waals surface area (Å²) in [6.07, 6.45) is 8.35. The number of nitrogens with zero attached hydrogens (tertiary/aromatic N) is 3. The maximum absolute atomic E-state index is 5.75. The Bertz CT molecular complexity index is 472. The van der Waals surface area contributed by atoms with Crippen LogP contribution in [0.25, 0.3) is 0 Å². The van der Waals surface area contributed by atoms with Crippen LogP contribution in [0.4, 0.5) is 0 Å². The molecule has 0 spiro atoms. The zero-order valence-corrected chi connectivity index (χ0v) is 10.2. The molecule has 0 aromatic carbocycles. The van der Waals surface area contributed by atoms with Crippen LogP contribution >= 0.6 is 0 Å². The smallest absolute Gasteiger partial charge is 0.111 e. The van der Waals surface area contributed by atoms with Crippen molar-refractivity contribution in [3.8, 4) is 0 Å². The van der Waals surface area contributed by atoms with E-state index >= 15 is 0 Å². The van der Waals surface area contributed by atoms with E-state index in [1.54, 1.807) is 6.20 Å². The average Bonchev–Trinajstić information content (AvgIpc) is 3.09. The second kappa shape index (κ2) is 5.32. The number of H-pyrrole nitrogens is 1. The first-order valence-corrected chi connectivity index (χ1v) is 6.24. The lowest BCUT2D eigenvalue weighted by atomic mass is 10.2. The second-order valence-electron chi connectivity index (χ2n) is 4.36. The standard InChI is InChI=1S/C12H17N5O/c1(12-15-2-3-16-12)5-17-9-14-7-10(17)11-8-13-4-6-18-11/h2-3,7,9,11,13H,1,4-6,8H2,(H,15,16). The Hall–Kier alpha value is -1.66. The van der Waals surface area contributed by atoms with Gasteiger partial charge in [-0.05, 0) is 0 Å². The van der Waals surface area contributed by atoms with Gasteiger partial charge in [0.15, 0.2) is 0 Å². The summed E-state index contributed by atoms with van der Waals surface area (Å²) < 4.78 is 7.89. The van der Waals surface area contributed by atoms with Crippen LogP contribution in [-0.2, 0) is 17.7 Å². The fourth-order valence-electron chi connectivity index (χ4n) is 2.20. The van der Waals surface area contributed by atoms with E-state index in [-0.39, 0.29) is 6.10 Å². The Morgan fingerprint density at radius 3 is 3.28 bits per heavy atom. The molecule has 1 aliphatic heterocycles. The van der Waals surface area contributed by atoms with Crippen molar-refractivity contribution in [3.63, 3.8) is 0 Å². The molecular formula is C12H17N5O. The second-order valence-corrected chi connectivity index (χ2v) is 4.36. The topological polar surface area (TPSA) is 67.8 Å². The summed E-state index contributed by atoms with van der Waals surface area (Å²) in [5, 5.41) is 3.34. The lowest BCUT2D eigenvalue weighted by Crippen LogP contribution is -2.34. The molecule has 2 aromatic rings. The van der Waals surface area contributed by atoms with E-state index in [0.29, 0.717) is 0 Å². The van der Waals surface area contributed by atoms with Crippen molar-refractivity contribution in [1.29, 1.82) is 0 Å². The minimum Gasteiger partial charge on any atom is -0.369 e. The fourth-order valence-corrected chi connectivity index (χ4v) is 2.20. The molecule has 3 rings (SSSR count). The van der Waals surface area contributed by atoms with Crippen LogP contribution in [0.5, 0.6) is 0 Å². The third-order valence-electron chi connectivity index (χ3n) is 3.15. The Labute approximate surface area is 105 Å². The molecule has 0 saturated carbocycles. The van der Waals surface area contributed by atoms with Gasteiger partial charge in [0, 0.05) is 38.4 Å². The number of ether oxygens (including phenoxy) is 1. The summed E-state index contributed by atoms with van der Waals surface area (Å²) in [6, 6.07) is 0. The molecular weight excluding hydrogens is 230 g/mol. The first-order valence-electron chi connectivity index (χ1n) is 6.24. The molecule has 6 heteroatoms. The van der Waals surface area contributed by atoms with Crippen LogP contribution in [0.3, 0.4) is 0 Å². The van der Waals surface area contributed by atoms with E-state index in [9.17, 15) is 0 Å². The highest BCUT2D eigenvalue weighted by Gasteiger charge is 2.19. The summed E-state index contributed by atoms with van der Waals surface area (Å²) in [6.45, 7) is 3.40. The van der Waals surface area contributed by atoms with Crippen molar-refractivity contribution in [3.05, 3.63) is 36.4 Å². The number of morpholine rings is 1. The van der Waals surface area contributed by atoms with Gasteiger partial charge in [-0.15, -0.1) is 0 Å². The van der Waals surface area contributed by atoms with E-state index in [2.05, 4.69) is 24.8 Å². The molecule has 0 radical (unpaired) electrons. The lowest BCUT2D eigenvalue weighted by molar-refractivity contribution is 0.0228. The normalized spacial score (nSPS) is 20.1. The van der Waals surface area contributed by atoms with Gasteiger partial charge in [0.25, 0.3) is 0 Å². The number of aryl methyl sites for hydroxylation is 2. The van der Waals surface area contributed by atoms with Gasteiger partial charge in [-0.25, -0.2) is 9.97 Å². The van der Waals surface area contributed by atoms with Crippen molar-refractivity contribution < 1.29 is 4.74 Å². The van der Waals surface area contributed by atoms with Gasteiger partial charge in [0.05, 0.1) is 24.8 Å². The molecule has 0 amide bonds. The SMILES string of the molecule is c1c[nH]c(CCn2cncc2C2CNCCO2)n1. The maximum Gasteiger partial charge on any atom is 0.111 e. The van der Waals surface area contributed by atoms with E-state index in [0.717, 1.165) is 44.2 Å². The zero-order chi connectivity index (χ0) is 12.2. The molecule has 6 nitrogen and oxygen atoms in total. The Morgan fingerprint density at radius 1 is 1.50 bits per heavy atom. The predicted octanol–water partition coefficient (Wildman–Crippen LogP) is 0.510. The number of rotatable bonds is 4. The van der Waals surface area contributed by atoms with Crippen molar-refractivity contribution in [2.45, 2.75) is 19.1 Å². The first kappa shape index (κ1) is 11.4. The number of hydrogen-bond acceptors (Lipinski definition) is 4. The minimum absolute atomic E-state index is 0.109. The summed E-state index contributed by atoms with van der Waals surface area (Å²) >= 11 is 0. The predicted molar refractivity (Wildman–Crippen MR) is 66.1 cm³/mol. The van der Waals surface area contributed by atoms with Crippen LogP contribution in [0.2, 0.25) is 0 Å². The molecule has 1 unspecified atom stereocenters. The van der Waals surface area contributed by atoms with E-state index in [1.165, 1.54) is 0 Å². The molecule has 1 fully saturated rings. The molecule has 1 saturated heterocycles. The average molecular weight is 247 g/mol. The van der Waals surface area contributed by atoms with Crippen LogP contribution in [0.1, 0.15) is 17.6 Å². The maximum atomic E-state index is 5.75. The van der Waals surface area contributed by atoms with Crippen LogP contribution in [0.15, 0.2) is 24.9 Å². The molecule has 1 atom stereocenters. The number of imidazole rings is 2. The Kier molecular flexibility index (Phi) is 3.38. The number of hydrogen-bond donors (Lipinski definition) is 2. The summed E-state index contributed by atoms with van der Waals surface area (Å²) in [7, 11) is 0. The Balaban J connectivity index is 1.67. The molecule has 2 N–H and O–H groups in total. The van der Waals surface area contributed by atoms with Crippen molar-refractivity contribution in [2.24, 2.45) is 0 Å². The highest BCUT2D eigenvalue weighted by molar-refractivity contribution is 5.05. The highest BCUT2D eigenvalue weighted by atomic mass is 16.5. The van der Waals surface area contributed by atoms with Crippen LogP contribution < -0.4 is 5.32 Å². The van der Waals surface area contributed by atoms with E-state index < -0.39 is 0 Å². The van der Waals surface area contributed by atoms with Crippen LogP contribution in [0, 0.1) is 0 Å². The van der Waals surface area contributed by atoms with Crippen molar-refractivity contribution in [1.82, 2.24) is 24.8 Å². The third-order valence-corrected chi connectivity index (χ3v) is 3.15. The molecule has 0 aliphatic carbocycles. The van der Waals surface area contributed by atoms with Gasteiger partial charge in [-0.1, -0.05) is 0 Å². The minimum atomic E-state index is 0.109. The number of nitrogens with one attached hydrogen (secondary N) is 2. The molecule has 3 heterocycles. The van der Waals surface area contributed by atoms with Gasteiger partial charge in [0.2, 0.25) is 0 Å².